The van der Waals surface area contributed by atoms with Crippen molar-refractivity contribution in [3.63, 3.8) is 0 Å². The Labute approximate surface area is 143 Å². The molecule has 1 saturated heterocycles. The molecule has 1 aliphatic heterocycles. The van der Waals surface area contributed by atoms with Gasteiger partial charge >= 0.3 is 0 Å². The van der Waals surface area contributed by atoms with Gasteiger partial charge in [-0.3, -0.25) is 9.59 Å². The standard InChI is InChI=1S/C20H24N2O2/c1-12(2)15-6-5-13(3)20-16(10-15)14(4)9-17(20)21-18(23)11-22-8-7-19(22)24/h5-6,9-10,12H,7-8,11H2,1-4H3,(H,21,23). The summed E-state index contributed by atoms with van der Waals surface area (Å²) in [6.07, 6.45) is 0.554. The molecule has 0 aromatic carbocycles. The molecule has 1 heterocycles. The van der Waals surface area contributed by atoms with Crippen LogP contribution in [-0.2, 0) is 9.59 Å². The number of amides is 2. The Hall–Kier alpha value is -2.36. The molecule has 0 aromatic rings. The number of likely N-dealkylation sites (tertiary alicyclic amines) is 1. The molecular formula is C20H24N2O2. The number of aryl methyl sites for hydroxylation is 2. The third-order valence-electron chi connectivity index (χ3n) is 4.78. The van der Waals surface area contributed by atoms with Gasteiger partial charge in [0.2, 0.25) is 11.8 Å². The maximum atomic E-state index is 12.3. The lowest BCUT2D eigenvalue weighted by Gasteiger charge is -2.29. The van der Waals surface area contributed by atoms with Crippen LogP contribution < -0.4 is 5.32 Å². The zero-order chi connectivity index (χ0) is 17.4. The Kier molecular flexibility index (Phi) is 4.31. The number of hydrogen-bond donors (Lipinski definition) is 1. The van der Waals surface area contributed by atoms with Crippen molar-refractivity contribution < 1.29 is 9.59 Å². The van der Waals surface area contributed by atoms with Gasteiger partial charge in [0.1, 0.15) is 0 Å². The molecule has 0 atom stereocenters. The van der Waals surface area contributed by atoms with Crippen LogP contribution in [0.4, 0.5) is 5.69 Å². The average Bonchev–Trinajstić information content (AvgIpc) is 2.70. The van der Waals surface area contributed by atoms with E-state index in [2.05, 4.69) is 51.2 Å². The van der Waals surface area contributed by atoms with E-state index in [0.717, 1.165) is 22.4 Å². The highest BCUT2D eigenvalue weighted by atomic mass is 16.2. The predicted molar refractivity (Wildman–Crippen MR) is 96.5 cm³/mol. The number of nitrogens with zero attached hydrogens (tertiary/aromatic N) is 1. The van der Waals surface area contributed by atoms with Gasteiger partial charge in [0.15, 0.2) is 0 Å². The van der Waals surface area contributed by atoms with E-state index in [9.17, 15) is 9.59 Å². The quantitative estimate of drug-likeness (QED) is 0.872. The topological polar surface area (TPSA) is 49.4 Å². The molecule has 2 amide bonds. The summed E-state index contributed by atoms with van der Waals surface area (Å²) < 4.78 is 0. The highest BCUT2D eigenvalue weighted by Gasteiger charge is 2.26. The molecule has 4 heteroatoms. The molecule has 0 bridgehead atoms. The number of hydrogen-bond acceptors (Lipinski definition) is 2. The fourth-order valence-corrected chi connectivity index (χ4v) is 3.19. The van der Waals surface area contributed by atoms with E-state index in [0.29, 0.717) is 18.9 Å². The van der Waals surface area contributed by atoms with Gasteiger partial charge in [0.05, 0.1) is 6.54 Å². The summed E-state index contributed by atoms with van der Waals surface area (Å²) in [7, 11) is 0. The van der Waals surface area contributed by atoms with Crippen LogP contribution in [0.3, 0.4) is 0 Å². The predicted octanol–water partition coefficient (Wildman–Crippen LogP) is 3.70. The van der Waals surface area contributed by atoms with Gasteiger partial charge in [-0.05, 0) is 48.1 Å². The van der Waals surface area contributed by atoms with Crippen LogP contribution >= 0.6 is 0 Å². The lowest BCUT2D eigenvalue weighted by atomic mass is 10.0. The van der Waals surface area contributed by atoms with Gasteiger partial charge in [-0.1, -0.05) is 32.0 Å². The van der Waals surface area contributed by atoms with Crippen molar-refractivity contribution in [3.05, 3.63) is 41.0 Å². The highest BCUT2D eigenvalue weighted by molar-refractivity contribution is 6.01. The van der Waals surface area contributed by atoms with E-state index in [1.165, 1.54) is 11.1 Å². The van der Waals surface area contributed by atoms with Crippen molar-refractivity contribution in [3.8, 4) is 11.1 Å². The molecular weight excluding hydrogens is 300 g/mol. The van der Waals surface area contributed by atoms with Crippen LogP contribution in [0.15, 0.2) is 24.3 Å². The fraction of sp³-hybridized carbons (Fsp3) is 0.400. The zero-order valence-electron chi connectivity index (χ0n) is 14.8. The first kappa shape index (κ1) is 16.5. The summed E-state index contributed by atoms with van der Waals surface area (Å²) in [6.45, 7) is 9.32. The monoisotopic (exact) mass is 324 g/mol. The van der Waals surface area contributed by atoms with Gasteiger partial charge in [-0.2, -0.15) is 0 Å². The first-order valence-electron chi connectivity index (χ1n) is 8.48. The molecule has 24 heavy (non-hydrogen) atoms. The second-order valence-electron chi connectivity index (χ2n) is 6.96. The lowest BCUT2D eigenvalue weighted by Crippen LogP contribution is -2.47. The van der Waals surface area contributed by atoms with E-state index in [1.807, 2.05) is 6.07 Å². The number of fused-ring (bicyclic) bond motifs is 1. The third kappa shape index (κ3) is 3.01. The zero-order valence-corrected chi connectivity index (χ0v) is 14.8. The summed E-state index contributed by atoms with van der Waals surface area (Å²) in [4.78, 5) is 25.2. The van der Waals surface area contributed by atoms with E-state index in [1.54, 1.807) is 4.90 Å². The van der Waals surface area contributed by atoms with Gasteiger partial charge < -0.3 is 10.2 Å². The summed E-state index contributed by atoms with van der Waals surface area (Å²) in [5, 5.41) is 3.00. The van der Waals surface area contributed by atoms with Crippen LogP contribution in [0.2, 0.25) is 0 Å². The molecule has 0 spiro atoms. The highest BCUT2D eigenvalue weighted by Crippen LogP contribution is 2.39. The average molecular weight is 324 g/mol. The molecule has 1 N–H and O–H groups in total. The van der Waals surface area contributed by atoms with E-state index in [-0.39, 0.29) is 18.4 Å². The maximum absolute atomic E-state index is 12.3. The summed E-state index contributed by atoms with van der Waals surface area (Å²) in [5.41, 5.74) is 6.68. The fourth-order valence-electron chi connectivity index (χ4n) is 3.19. The second-order valence-corrected chi connectivity index (χ2v) is 6.96. The Balaban J connectivity index is 1.90. The summed E-state index contributed by atoms with van der Waals surface area (Å²) in [5.74, 6) is 0.368. The molecule has 0 unspecified atom stereocenters. The van der Waals surface area contributed by atoms with E-state index in [4.69, 9.17) is 0 Å². The molecule has 4 nitrogen and oxygen atoms in total. The van der Waals surface area contributed by atoms with Crippen molar-refractivity contribution in [1.82, 2.24) is 4.90 Å². The van der Waals surface area contributed by atoms with Gasteiger partial charge in [0, 0.05) is 24.2 Å². The van der Waals surface area contributed by atoms with Crippen molar-refractivity contribution in [1.29, 1.82) is 0 Å². The normalized spacial score (nSPS) is 14.2. The number of rotatable bonds is 4. The van der Waals surface area contributed by atoms with Crippen LogP contribution in [-0.4, -0.2) is 29.8 Å². The molecule has 2 aliphatic carbocycles. The lowest BCUT2D eigenvalue weighted by molar-refractivity contribution is -0.142. The molecule has 3 rings (SSSR count). The largest absolute Gasteiger partial charge is 0.333 e. The van der Waals surface area contributed by atoms with Gasteiger partial charge in [-0.25, -0.2) is 0 Å². The number of anilines is 1. The number of carbonyl (C=O) groups is 2. The van der Waals surface area contributed by atoms with Crippen molar-refractivity contribution in [2.24, 2.45) is 0 Å². The summed E-state index contributed by atoms with van der Waals surface area (Å²) in [6, 6.07) is 8.52. The molecule has 0 saturated carbocycles. The Morgan fingerprint density at radius 2 is 1.96 bits per heavy atom. The minimum atomic E-state index is -0.134. The molecule has 126 valence electrons. The van der Waals surface area contributed by atoms with Crippen molar-refractivity contribution in [2.45, 2.75) is 40.0 Å². The van der Waals surface area contributed by atoms with Crippen molar-refractivity contribution >= 4 is 17.5 Å². The SMILES string of the molecule is Cc1cc(NC(=O)CN2CCC2=O)c2c(C)ccc(C(C)C)cc1-2. The third-order valence-corrected chi connectivity index (χ3v) is 4.78. The van der Waals surface area contributed by atoms with Crippen LogP contribution in [0.1, 0.15) is 42.9 Å². The van der Waals surface area contributed by atoms with Gasteiger partial charge in [-0.15, -0.1) is 0 Å². The van der Waals surface area contributed by atoms with E-state index >= 15 is 0 Å². The minimum Gasteiger partial charge on any atom is -0.333 e. The first-order chi connectivity index (χ1) is 11.4. The Bertz CT molecular complexity index is 780. The first-order valence-corrected chi connectivity index (χ1v) is 8.48. The number of carbonyl (C=O) groups excluding carboxylic acids is 2. The van der Waals surface area contributed by atoms with E-state index < -0.39 is 0 Å². The van der Waals surface area contributed by atoms with Crippen molar-refractivity contribution in [2.75, 3.05) is 18.4 Å². The van der Waals surface area contributed by atoms with Crippen LogP contribution in [0, 0.1) is 13.8 Å². The smallest absolute Gasteiger partial charge is 0.244 e. The molecule has 1 fully saturated rings. The molecule has 3 aliphatic rings. The Morgan fingerprint density at radius 3 is 2.54 bits per heavy atom. The minimum absolute atomic E-state index is 0.0536. The molecule has 0 radical (unpaired) electrons. The van der Waals surface area contributed by atoms with Gasteiger partial charge in [0.25, 0.3) is 0 Å². The van der Waals surface area contributed by atoms with Crippen LogP contribution in [0.25, 0.3) is 11.1 Å². The maximum Gasteiger partial charge on any atom is 0.244 e. The molecule has 0 aromatic heterocycles. The number of nitrogens with one attached hydrogen (secondary N) is 1. The number of β-lactam (4-membered cyclic amide) rings is 1. The summed E-state index contributed by atoms with van der Waals surface area (Å²) >= 11 is 0. The van der Waals surface area contributed by atoms with Crippen LogP contribution in [0.5, 0.6) is 0 Å². The Morgan fingerprint density at radius 1 is 1.21 bits per heavy atom. The second kappa shape index (κ2) is 6.27.